The minimum atomic E-state index is 0.559. The molecule has 1 aromatic rings. The summed E-state index contributed by atoms with van der Waals surface area (Å²) in [6, 6.07) is 8.29. The quantitative estimate of drug-likeness (QED) is 0.693. The molecule has 1 heterocycles. The Morgan fingerprint density at radius 3 is 3.00 bits per heavy atom. The predicted molar refractivity (Wildman–Crippen MR) is 55.1 cm³/mol. The second-order valence-corrected chi connectivity index (χ2v) is 3.42. The Hall–Kier alpha value is -1.31. The lowest BCUT2D eigenvalue weighted by Crippen LogP contribution is -2.23. The molecule has 0 saturated carbocycles. The molecule has 2 nitrogen and oxygen atoms in total. The molecule has 0 fully saturated rings. The van der Waals surface area contributed by atoms with Crippen molar-refractivity contribution in [2.75, 3.05) is 6.54 Å². The van der Waals surface area contributed by atoms with E-state index >= 15 is 0 Å². The molecule has 1 aliphatic rings. The van der Waals surface area contributed by atoms with Crippen molar-refractivity contribution in [1.29, 1.82) is 0 Å². The molecule has 1 aromatic carbocycles. The molecule has 0 aromatic heterocycles. The van der Waals surface area contributed by atoms with Gasteiger partial charge in [-0.05, 0) is 12.0 Å². The summed E-state index contributed by atoms with van der Waals surface area (Å²) in [6.45, 7) is 3.04. The van der Waals surface area contributed by atoms with Crippen molar-refractivity contribution in [3.05, 3.63) is 35.4 Å². The number of nitrogens with zero attached hydrogens (tertiary/aromatic N) is 1. The molecule has 1 aliphatic heterocycles. The Bertz CT molecular complexity index is 342. The summed E-state index contributed by atoms with van der Waals surface area (Å²) in [6.07, 6.45) is 1.13. The fourth-order valence-electron chi connectivity index (χ4n) is 1.83. The van der Waals surface area contributed by atoms with Gasteiger partial charge in [-0.3, -0.25) is 4.99 Å². The van der Waals surface area contributed by atoms with E-state index in [9.17, 15) is 0 Å². The highest BCUT2D eigenvalue weighted by molar-refractivity contribution is 5.99. The zero-order chi connectivity index (χ0) is 9.26. The molecule has 2 rings (SSSR count). The van der Waals surface area contributed by atoms with E-state index in [1.807, 2.05) is 6.07 Å². The highest BCUT2D eigenvalue weighted by atomic mass is 14.9. The Kier molecular flexibility index (Phi) is 2.05. The van der Waals surface area contributed by atoms with Gasteiger partial charge in [0, 0.05) is 18.0 Å². The first-order chi connectivity index (χ1) is 6.33. The Labute approximate surface area is 78.5 Å². The van der Waals surface area contributed by atoms with Crippen molar-refractivity contribution < 1.29 is 0 Å². The first-order valence-corrected chi connectivity index (χ1v) is 4.72. The average Bonchev–Trinajstić information content (AvgIpc) is 2.19. The van der Waals surface area contributed by atoms with E-state index in [-0.39, 0.29) is 0 Å². The third-order valence-electron chi connectivity index (χ3n) is 2.65. The van der Waals surface area contributed by atoms with E-state index in [1.54, 1.807) is 0 Å². The summed E-state index contributed by atoms with van der Waals surface area (Å²) in [7, 11) is 0. The largest absolute Gasteiger partial charge is 0.383 e. The fraction of sp³-hybridized carbons (Fsp3) is 0.364. The number of rotatable bonds is 1. The van der Waals surface area contributed by atoms with E-state index < -0.39 is 0 Å². The van der Waals surface area contributed by atoms with Crippen molar-refractivity contribution >= 4 is 5.84 Å². The maximum Gasteiger partial charge on any atom is 0.125 e. The van der Waals surface area contributed by atoms with Crippen LogP contribution in [0.5, 0.6) is 0 Å². The number of hydrogen-bond acceptors (Lipinski definition) is 2. The SMILES string of the molecule is CCC1CN=C(N)c2ccccc21. The molecule has 1 unspecified atom stereocenters. The number of nitrogens with two attached hydrogens (primary N) is 1. The minimum absolute atomic E-state index is 0.559. The monoisotopic (exact) mass is 174 g/mol. The van der Waals surface area contributed by atoms with Gasteiger partial charge in [-0.1, -0.05) is 31.2 Å². The predicted octanol–water partition coefficient (Wildman–Crippen LogP) is 1.90. The first-order valence-electron chi connectivity index (χ1n) is 4.72. The number of amidine groups is 1. The summed E-state index contributed by atoms with van der Waals surface area (Å²) >= 11 is 0. The Morgan fingerprint density at radius 2 is 2.23 bits per heavy atom. The summed E-state index contributed by atoms with van der Waals surface area (Å²) in [5.41, 5.74) is 8.30. The van der Waals surface area contributed by atoms with Gasteiger partial charge in [-0.2, -0.15) is 0 Å². The Morgan fingerprint density at radius 1 is 1.46 bits per heavy atom. The van der Waals surface area contributed by atoms with Crippen molar-refractivity contribution in [2.45, 2.75) is 19.3 Å². The fourth-order valence-corrected chi connectivity index (χ4v) is 1.83. The van der Waals surface area contributed by atoms with Gasteiger partial charge in [0.2, 0.25) is 0 Å². The normalized spacial score (nSPS) is 20.7. The summed E-state index contributed by atoms with van der Waals surface area (Å²) in [5.74, 6) is 1.25. The molecule has 0 radical (unpaired) electrons. The lowest BCUT2D eigenvalue weighted by Gasteiger charge is -2.21. The third kappa shape index (κ3) is 1.32. The zero-order valence-electron chi connectivity index (χ0n) is 7.83. The van der Waals surface area contributed by atoms with Crippen LogP contribution in [-0.2, 0) is 0 Å². The number of hydrogen-bond donors (Lipinski definition) is 1. The van der Waals surface area contributed by atoms with E-state index in [4.69, 9.17) is 5.73 Å². The van der Waals surface area contributed by atoms with Crippen LogP contribution in [0.2, 0.25) is 0 Å². The molecular weight excluding hydrogens is 160 g/mol. The van der Waals surface area contributed by atoms with Crippen molar-refractivity contribution in [3.63, 3.8) is 0 Å². The van der Waals surface area contributed by atoms with Crippen LogP contribution in [0.25, 0.3) is 0 Å². The van der Waals surface area contributed by atoms with Crippen LogP contribution >= 0.6 is 0 Å². The van der Waals surface area contributed by atoms with Gasteiger partial charge < -0.3 is 5.73 Å². The van der Waals surface area contributed by atoms with Crippen LogP contribution < -0.4 is 5.73 Å². The van der Waals surface area contributed by atoms with E-state index in [1.165, 1.54) is 5.56 Å². The van der Waals surface area contributed by atoms with Gasteiger partial charge in [-0.15, -0.1) is 0 Å². The van der Waals surface area contributed by atoms with Crippen LogP contribution in [0.15, 0.2) is 29.3 Å². The van der Waals surface area contributed by atoms with Crippen molar-refractivity contribution in [2.24, 2.45) is 10.7 Å². The van der Waals surface area contributed by atoms with E-state index in [0.717, 1.165) is 18.5 Å². The van der Waals surface area contributed by atoms with Crippen LogP contribution in [0.3, 0.4) is 0 Å². The second-order valence-electron chi connectivity index (χ2n) is 3.42. The smallest absolute Gasteiger partial charge is 0.125 e. The number of aliphatic imine (C=N–C) groups is 1. The standard InChI is InChI=1S/C11H14N2/c1-2-8-7-13-11(12)10-6-4-3-5-9(8)10/h3-6,8H,2,7H2,1H3,(H2,12,13). The van der Waals surface area contributed by atoms with E-state index in [0.29, 0.717) is 11.8 Å². The van der Waals surface area contributed by atoms with Crippen LogP contribution in [-0.4, -0.2) is 12.4 Å². The lowest BCUT2D eigenvalue weighted by atomic mass is 9.89. The topological polar surface area (TPSA) is 38.4 Å². The minimum Gasteiger partial charge on any atom is -0.383 e. The van der Waals surface area contributed by atoms with Crippen LogP contribution in [0.1, 0.15) is 30.4 Å². The highest BCUT2D eigenvalue weighted by Gasteiger charge is 2.18. The van der Waals surface area contributed by atoms with Gasteiger partial charge in [0.1, 0.15) is 5.84 Å². The van der Waals surface area contributed by atoms with Crippen LogP contribution in [0, 0.1) is 0 Å². The molecule has 2 N–H and O–H groups in total. The van der Waals surface area contributed by atoms with Crippen molar-refractivity contribution in [3.8, 4) is 0 Å². The molecule has 0 amide bonds. The Balaban J connectivity index is 2.50. The van der Waals surface area contributed by atoms with Gasteiger partial charge >= 0.3 is 0 Å². The van der Waals surface area contributed by atoms with Crippen molar-refractivity contribution in [1.82, 2.24) is 0 Å². The highest BCUT2D eigenvalue weighted by Crippen LogP contribution is 2.26. The molecule has 1 atom stereocenters. The lowest BCUT2D eigenvalue weighted by molar-refractivity contribution is 0.665. The molecule has 0 aliphatic carbocycles. The van der Waals surface area contributed by atoms with E-state index in [2.05, 4.69) is 30.1 Å². The third-order valence-corrected chi connectivity index (χ3v) is 2.65. The summed E-state index contributed by atoms with van der Waals surface area (Å²) < 4.78 is 0. The molecule has 2 heteroatoms. The molecular formula is C11H14N2. The van der Waals surface area contributed by atoms with Gasteiger partial charge in [0.05, 0.1) is 0 Å². The number of benzene rings is 1. The number of fused-ring (bicyclic) bond motifs is 1. The molecule has 0 bridgehead atoms. The second kappa shape index (κ2) is 3.21. The van der Waals surface area contributed by atoms with Gasteiger partial charge in [0.15, 0.2) is 0 Å². The average molecular weight is 174 g/mol. The maximum atomic E-state index is 5.81. The molecule has 0 spiro atoms. The first kappa shape index (κ1) is 8.30. The van der Waals surface area contributed by atoms with Gasteiger partial charge in [0.25, 0.3) is 0 Å². The molecule has 0 saturated heterocycles. The maximum absolute atomic E-state index is 5.81. The van der Waals surface area contributed by atoms with Crippen LogP contribution in [0.4, 0.5) is 0 Å². The van der Waals surface area contributed by atoms with Gasteiger partial charge in [-0.25, -0.2) is 0 Å². The molecule has 68 valence electrons. The summed E-state index contributed by atoms with van der Waals surface area (Å²) in [5, 5.41) is 0. The molecule has 13 heavy (non-hydrogen) atoms. The zero-order valence-corrected chi connectivity index (χ0v) is 7.83. The summed E-state index contributed by atoms with van der Waals surface area (Å²) in [4.78, 5) is 4.32.